The molecule has 0 aromatic heterocycles. The van der Waals surface area contributed by atoms with E-state index in [9.17, 15) is 5.11 Å². The highest BCUT2D eigenvalue weighted by Crippen LogP contribution is 2.40. The Morgan fingerprint density at radius 1 is 1.17 bits per heavy atom. The van der Waals surface area contributed by atoms with Gasteiger partial charge >= 0.3 is 0 Å². The van der Waals surface area contributed by atoms with E-state index in [1.807, 2.05) is 32.0 Å². The van der Waals surface area contributed by atoms with Gasteiger partial charge in [-0.25, -0.2) is 0 Å². The van der Waals surface area contributed by atoms with Crippen LogP contribution < -0.4 is 0 Å². The maximum Gasteiger partial charge on any atom is 0.187 e. The van der Waals surface area contributed by atoms with Crippen LogP contribution >= 0.6 is 0 Å². The minimum Gasteiger partial charge on any atom is -0.391 e. The molecular formula is C18H26O5. The minimum absolute atomic E-state index is 0.288. The summed E-state index contributed by atoms with van der Waals surface area (Å²) in [6, 6.07) is 10.3. The van der Waals surface area contributed by atoms with Crippen LogP contribution in [-0.2, 0) is 25.4 Å². The average molecular weight is 322 g/mol. The van der Waals surface area contributed by atoms with Crippen LogP contribution in [0.3, 0.4) is 0 Å². The van der Waals surface area contributed by atoms with E-state index in [1.54, 1.807) is 6.92 Å². The molecule has 5 heteroatoms. The Bertz CT molecular complexity index is 501. The van der Waals surface area contributed by atoms with Gasteiger partial charge in [0.15, 0.2) is 12.1 Å². The molecule has 2 aliphatic rings. The Hall–Kier alpha value is -0.980. The summed E-state index contributed by atoms with van der Waals surface area (Å²) >= 11 is 0. The molecule has 0 spiro atoms. The highest BCUT2D eigenvalue weighted by atomic mass is 16.8. The van der Waals surface area contributed by atoms with Gasteiger partial charge in [0, 0.05) is 0 Å². The van der Waals surface area contributed by atoms with Crippen LogP contribution in [0.1, 0.15) is 32.8 Å². The van der Waals surface area contributed by atoms with Crippen molar-refractivity contribution >= 4 is 0 Å². The van der Waals surface area contributed by atoms with E-state index < -0.39 is 24.3 Å². The highest BCUT2D eigenvalue weighted by Gasteiger charge is 2.56. The van der Waals surface area contributed by atoms with Gasteiger partial charge in [0.05, 0.1) is 12.7 Å². The van der Waals surface area contributed by atoms with E-state index >= 15 is 0 Å². The third-order valence-electron chi connectivity index (χ3n) is 4.26. The number of hydrogen-bond donors (Lipinski definition) is 1. The summed E-state index contributed by atoms with van der Waals surface area (Å²) in [5.41, 5.74) is 1.30. The Morgan fingerprint density at radius 3 is 2.57 bits per heavy atom. The summed E-state index contributed by atoms with van der Waals surface area (Å²) < 4.78 is 23.5. The Labute approximate surface area is 137 Å². The number of rotatable bonds is 6. The second-order valence-electron chi connectivity index (χ2n) is 6.73. The van der Waals surface area contributed by atoms with Crippen LogP contribution in [0, 0.1) is 0 Å². The smallest absolute Gasteiger partial charge is 0.187 e. The number of aryl methyl sites for hydroxylation is 1. The van der Waals surface area contributed by atoms with Crippen LogP contribution in [0.5, 0.6) is 0 Å². The zero-order valence-corrected chi connectivity index (χ0v) is 14.0. The third-order valence-corrected chi connectivity index (χ3v) is 4.26. The molecule has 0 aliphatic carbocycles. The molecule has 0 saturated carbocycles. The zero-order chi connectivity index (χ0) is 16.4. The minimum atomic E-state index is -0.669. The lowest BCUT2D eigenvalue weighted by molar-refractivity contribution is -0.242. The van der Waals surface area contributed by atoms with Gasteiger partial charge in [0.25, 0.3) is 0 Å². The summed E-state index contributed by atoms with van der Waals surface area (Å²) in [6.07, 6.45) is -0.240. The predicted molar refractivity (Wildman–Crippen MR) is 84.9 cm³/mol. The lowest BCUT2D eigenvalue weighted by Crippen LogP contribution is -2.36. The normalized spacial score (nSPS) is 33.6. The molecule has 5 atom stereocenters. The van der Waals surface area contributed by atoms with Crippen LogP contribution in [0.2, 0.25) is 0 Å². The number of benzene rings is 1. The second-order valence-corrected chi connectivity index (χ2v) is 6.73. The lowest BCUT2D eigenvalue weighted by Gasteiger charge is -2.25. The van der Waals surface area contributed by atoms with Gasteiger partial charge < -0.3 is 24.1 Å². The molecule has 0 bridgehead atoms. The predicted octanol–water partition coefficient (Wildman–Crippen LogP) is 2.26. The molecule has 1 unspecified atom stereocenters. The van der Waals surface area contributed by atoms with Gasteiger partial charge in [-0.05, 0) is 39.2 Å². The fourth-order valence-corrected chi connectivity index (χ4v) is 3.23. The SMILES string of the molecule is C[C@@H](O)[C@H]1OC(OCCCc2ccccc2)[C@H]2OC(C)(C)O[C@@H]12. The summed E-state index contributed by atoms with van der Waals surface area (Å²) in [6.45, 7) is 6.03. The maximum absolute atomic E-state index is 9.89. The van der Waals surface area contributed by atoms with Gasteiger partial charge in [-0.2, -0.15) is 0 Å². The van der Waals surface area contributed by atoms with E-state index in [1.165, 1.54) is 5.56 Å². The van der Waals surface area contributed by atoms with E-state index in [2.05, 4.69) is 12.1 Å². The summed E-state index contributed by atoms with van der Waals surface area (Å²) in [4.78, 5) is 0. The van der Waals surface area contributed by atoms with E-state index in [-0.39, 0.29) is 12.2 Å². The second kappa shape index (κ2) is 6.87. The van der Waals surface area contributed by atoms with E-state index in [4.69, 9.17) is 18.9 Å². The molecule has 2 heterocycles. The van der Waals surface area contributed by atoms with Crippen molar-refractivity contribution in [2.75, 3.05) is 6.61 Å². The molecule has 3 rings (SSSR count). The average Bonchev–Trinajstić information content (AvgIpc) is 2.98. The summed E-state index contributed by atoms with van der Waals surface area (Å²) in [7, 11) is 0. The molecule has 1 aromatic carbocycles. The number of fused-ring (bicyclic) bond motifs is 1. The van der Waals surface area contributed by atoms with Crippen molar-refractivity contribution in [2.24, 2.45) is 0 Å². The van der Waals surface area contributed by atoms with Gasteiger partial charge in [-0.1, -0.05) is 30.3 Å². The van der Waals surface area contributed by atoms with Gasteiger partial charge in [0.2, 0.25) is 0 Å². The largest absolute Gasteiger partial charge is 0.391 e. The van der Waals surface area contributed by atoms with Crippen molar-refractivity contribution in [3.8, 4) is 0 Å². The molecule has 2 aliphatic heterocycles. The maximum atomic E-state index is 9.89. The number of hydrogen-bond acceptors (Lipinski definition) is 5. The topological polar surface area (TPSA) is 57.2 Å². The molecule has 2 saturated heterocycles. The highest BCUT2D eigenvalue weighted by molar-refractivity contribution is 5.14. The summed E-state index contributed by atoms with van der Waals surface area (Å²) in [5, 5.41) is 9.89. The zero-order valence-electron chi connectivity index (χ0n) is 14.0. The van der Waals surface area contributed by atoms with Crippen LogP contribution in [-0.4, -0.2) is 48.2 Å². The molecular weight excluding hydrogens is 296 g/mol. The molecule has 23 heavy (non-hydrogen) atoms. The monoisotopic (exact) mass is 322 g/mol. The molecule has 128 valence electrons. The fraction of sp³-hybridized carbons (Fsp3) is 0.667. The van der Waals surface area contributed by atoms with Crippen molar-refractivity contribution in [1.82, 2.24) is 0 Å². The molecule has 0 amide bonds. The molecule has 0 radical (unpaired) electrons. The first-order valence-corrected chi connectivity index (χ1v) is 8.31. The Kier molecular flexibility index (Phi) is 5.04. The van der Waals surface area contributed by atoms with Crippen molar-refractivity contribution in [1.29, 1.82) is 0 Å². The number of ether oxygens (including phenoxy) is 4. The third kappa shape index (κ3) is 3.92. The first-order chi connectivity index (χ1) is 11.0. The molecule has 5 nitrogen and oxygen atoms in total. The summed E-state index contributed by atoms with van der Waals surface area (Å²) in [5.74, 6) is -0.669. The van der Waals surface area contributed by atoms with Crippen molar-refractivity contribution in [3.63, 3.8) is 0 Å². The van der Waals surface area contributed by atoms with Crippen LogP contribution in [0.4, 0.5) is 0 Å². The number of aliphatic hydroxyl groups excluding tert-OH is 1. The molecule has 1 N–H and O–H groups in total. The van der Waals surface area contributed by atoms with Gasteiger partial charge in [0.1, 0.15) is 18.3 Å². The van der Waals surface area contributed by atoms with Crippen molar-refractivity contribution in [2.45, 2.75) is 70.1 Å². The molecule has 1 aromatic rings. The first kappa shape index (κ1) is 16.9. The quantitative estimate of drug-likeness (QED) is 0.814. The Morgan fingerprint density at radius 2 is 1.87 bits per heavy atom. The standard InChI is InChI=1S/C18H26O5/c1-12(19)14-15-16(23-18(2,3)22-15)17(21-14)20-11-7-10-13-8-5-4-6-9-13/h4-6,8-9,12,14-17,19H,7,10-11H2,1-3H3/t12-,14-,15+,16+,17?/m1/s1. The van der Waals surface area contributed by atoms with Crippen LogP contribution in [0.15, 0.2) is 30.3 Å². The van der Waals surface area contributed by atoms with E-state index in [0.717, 1.165) is 12.8 Å². The first-order valence-electron chi connectivity index (χ1n) is 8.31. The van der Waals surface area contributed by atoms with Gasteiger partial charge in [-0.3, -0.25) is 0 Å². The van der Waals surface area contributed by atoms with Crippen LogP contribution in [0.25, 0.3) is 0 Å². The van der Waals surface area contributed by atoms with E-state index in [0.29, 0.717) is 6.61 Å². The van der Waals surface area contributed by atoms with Crippen molar-refractivity contribution in [3.05, 3.63) is 35.9 Å². The lowest BCUT2D eigenvalue weighted by atomic mass is 10.1. The number of aliphatic hydroxyl groups is 1. The van der Waals surface area contributed by atoms with Crippen molar-refractivity contribution < 1.29 is 24.1 Å². The fourth-order valence-electron chi connectivity index (χ4n) is 3.23. The Balaban J connectivity index is 1.51. The van der Waals surface area contributed by atoms with Gasteiger partial charge in [-0.15, -0.1) is 0 Å². The molecule has 2 fully saturated rings.